The summed E-state index contributed by atoms with van der Waals surface area (Å²) in [4.78, 5) is 12.6. The lowest BCUT2D eigenvalue weighted by atomic mass is 10.1. The number of anilines is 1. The van der Waals surface area contributed by atoms with Crippen molar-refractivity contribution < 1.29 is 24.8 Å². The first-order valence-corrected chi connectivity index (χ1v) is 6.69. The molecule has 2 aromatic rings. The fourth-order valence-corrected chi connectivity index (χ4v) is 2.44. The molecule has 10 heteroatoms. The molecule has 0 aliphatic carbocycles. The topological polar surface area (TPSA) is 135 Å². The van der Waals surface area contributed by atoms with E-state index in [0.29, 0.717) is 17.1 Å². The van der Waals surface area contributed by atoms with E-state index in [0.717, 1.165) is 0 Å². The van der Waals surface area contributed by atoms with Crippen molar-refractivity contribution >= 4 is 17.1 Å². The number of aliphatic hydroxyl groups excluding tert-OH is 3. The summed E-state index contributed by atoms with van der Waals surface area (Å²) in [5, 5.41) is 32.0. The Kier molecular flexibility index (Phi) is 3.83. The Balaban J connectivity index is 2.08. The summed E-state index contributed by atoms with van der Waals surface area (Å²) in [5.41, 5.74) is 0.783. The third-order valence-electron chi connectivity index (χ3n) is 3.60. The van der Waals surface area contributed by atoms with E-state index < -0.39 is 31.1 Å². The third-order valence-corrected chi connectivity index (χ3v) is 3.60. The lowest BCUT2D eigenvalue weighted by Gasteiger charge is -2.16. The van der Waals surface area contributed by atoms with Crippen molar-refractivity contribution in [1.82, 2.24) is 19.5 Å². The number of fused-ring (bicyclic) bond motifs is 1. The van der Waals surface area contributed by atoms with Crippen LogP contribution < -0.4 is 10.1 Å². The van der Waals surface area contributed by atoms with Gasteiger partial charge in [0.25, 0.3) is 0 Å². The minimum atomic E-state index is -1.21. The molecule has 4 atom stereocenters. The van der Waals surface area contributed by atoms with Crippen LogP contribution in [0.1, 0.15) is 6.23 Å². The van der Waals surface area contributed by atoms with E-state index >= 15 is 0 Å². The minimum Gasteiger partial charge on any atom is -0.479 e. The van der Waals surface area contributed by atoms with Gasteiger partial charge in [-0.15, -0.1) is 0 Å². The summed E-state index contributed by atoms with van der Waals surface area (Å²) in [5.74, 6) is 0.595. The van der Waals surface area contributed by atoms with Gasteiger partial charge in [0, 0.05) is 7.05 Å². The molecular weight excluding hydrogens is 294 g/mol. The first-order valence-electron chi connectivity index (χ1n) is 6.69. The van der Waals surface area contributed by atoms with Crippen molar-refractivity contribution in [2.24, 2.45) is 0 Å². The van der Waals surface area contributed by atoms with Crippen LogP contribution in [-0.2, 0) is 4.74 Å². The van der Waals surface area contributed by atoms with Crippen LogP contribution in [-0.4, -0.2) is 73.9 Å². The van der Waals surface area contributed by atoms with Gasteiger partial charge >= 0.3 is 0 Å². The third kappa shape index (κ3) is 2.16. The summed E-state index contributed by atoms with van der Waals surface area (Å²) in [6.07, 6.45) is -2.78. The van der Waals surface area contributed by atoms with Gasteiger partial charge in [0.05, 0.1) is 20.0 Å². The maximum Gasteiger partial charge on any atom is 0.246 e. The van der Waals surface area contributed by atoms with Crippen LogP contribution in [0.5, 0.6) is 5.88 Å². The Labute approximate surface area is 125 Å². The SMILES string of the molecule is CNc1nc(OC)c2ncn([C@@H]3O[C@H](CO)[C@H](O)C3O)c2n1. The number of hydrogen-bond donors (Lipinski definition) is 4. The zero-order valence-corrected chi connectivity index (χ0v) is 12.0. The average molecular weight is 311 g/mol. The molecule has 22 heavy (non-hydrogen) atoms. The molecule has 1 fully saturated rings. The van der Waals surface area contributed by atoms with Crippen LogP contribution in [0.3, 0.4) is 0 Å². The molecule has 0 saturated carbocycles. The standard InChI is InChI=1S/C12H17N5O5/c1-13-12-15-9-6(10(16-12)21-2)14-4-17(9)11-8(20)7(19)5(3-18)22-11/h4-5,7-8,11,18-20H,3H2,1-2H3,(H,13,15,16)/t5-,7+,8?,11-/m1/s1. The molecule has 1 aliphatic heterocycles. The van der Waals surface area contributed by atoms with Gasteiger partial charge in [-0.1, -0.05) is 0 Å². The van der Waals surface area contributed by atoms with Gasteiger partial charge in [0.2, 0.25) is 11.8 Å². The lowest BCUT2D eigenvalue weighted by molar-refractivity contribution is -0.0511. The van der Waals surface area contributed by atoms with Gasteiger partial charge < -0.3 is 30.1 Å². The molecule has 0 bridgehead atoms. The number of nitrogens with one attached hydrogen (secondary N) is 1. The molecule has 0 radical (unpaired) electrons. The summed E-state index contributed by atoms with van der Waals surface area (Å²) in [6, 6.07) is 0. The van der Waals surface area contributed by atoms with Gasteiger partial charge in [-0.3, -0.25) is 4.57 Å². The smallest absolute Gasteiger partial charge is 0.246 e. The van der Waals surface area contributed by atoms with Crippen LogP contribution in [0.2, 0.25) is 0 Å². The first kappa shape index (κ1) is 14.9. The first-order chi connectivity index (χ1) is 10.6. The molecule has 0 aromatic carbocycles. The molecule has 10 nitrogen and oxygen atoms in total. The average Bonchev–Trinajstić information content (AvgIpc) is 3.08. The molecular formula is C12H17N5O5. The van der Waals surface area contributed by atoms with Gasteiger partial charge in [-0.25, -0.2) is 4.98 Å². The Bertz CT molecular complexity index is 677. The largest absolute Gasteiger partial charge is 0.479 e. The van der Waals surface area contributed by atoms with E-state index in [4.69, 9.17) is 9.47 Å². The molecule has 3 rings (SSSR count). The second kappa shape index (κ2) is 5.65. The predicted molar refractivity (Wildman–Crippen MR) is 74.4 cm³/mol. The molecule has 4 N–H and O–H groups in total. The van der Waals surface area contributed by atoms with Crippen LogP contribution >= 0.6 is 0 Å². The van der Waals surface area contributed by atoms with E-state index in [1.807, 2.05) is 0 Å². The number of nitrogens with zero attached hydrogens (tertiary/aromatic N) is 4. The van der Waals surface area contributed by atoms with Crippen molar-refractivity contribution in [3.63, 3.8) is 0 Å². The van der Waals surface area contributed by atoms with Crippen LogP contribution in [0.15, 0.2) is 6.33 Å². The zero-order valence-electron chi connectivity index (χ0n) is 12.0. The highest BCUT2D eigenvalue weighted by molar-refractivity contribution is 5.77. The summed E-state index contributed by atoms with van der Waals surface area (Å²) in [6.45, 7) is -0.401. The second-order valence-corrected chi connectivity index (χ2v) is 4.86. The van der Waals surface area contributed by atoms with E-state index in [1.54, 1.807) is 7.05 Å². The molecule has 3 heterocycles. The Morgan fingerprint density at radius 1 is 1.36 bits per heavy atom. The monoisotopic (exact) mass is 311 g/mol. The number of hydrogen-bond acceptors (Lipinski definition) is 9. The predicted octanol–water partition coefficient (Wildman–Crippen LogP) is -1.51. The number of rotatable bonds is 4. The van der Waals surface area contributed by atoms with E-state index in [2.05, 4.69) is 20.3 Å². The molecule has 0 spiro atoms. The fraction of sp³-hybridized carbons (Fsp3) is 0.583. The van der Waals surface area contributed by atoms with Crippen molar-refractivity contribution in [3.8, 4) is 5.88 Å². The summed E-state index contributed by atoms with van der Waals surface area (Å²) < 4.78 is 12.1. The number of aliphatic hydroxyl groups is 3. The van der Waals surface area contributed by atoms with Gasteiger partial charge in [-0.05, 0) is 0 Å². The normalized spacial score (nSPS) is 28.2. The number of methoxy groups -OCH3 is 1. The van der Waals surface area contributed by atoms with E-state index in [-0.39, 0.29) is 5.88 Å². The van der Waals surface area contributed by atoms with Gasteiger partial charge in [0.1, 0.15) is 18.3 Å². The van der Waals surface area contributed by atoms with Crippen molar-refractivity contribution in [2.75, 3.05) is 26.1 Å². The molecule has 0 amide bonds. The van der Waals surface area contributed by atoms with E-state index in [9.17, 15) is 15.3 Å². The van der Waals surface area contributed by atoms with Crippen molar-refractivity contribution in [1.29, 1.82) is 0 Å². The summed E-state index contributed by atoms with van der Waals surface area (Å²) in [7, 11) is 3.13. The van der Waals surface area contributed by atoms with Gasteiger partial charge in [0.15, 0.2) is 17.4 Å². The molecule has 2 aromatic heterocycles. The van der Waals surface area contributed by atoms with Crippen molar-refractivity contribution in [2.45, 2.75) is 24.5 Å². The highest BCUT2D eigenvalue weighted by atomic mass is 16.6. The second-order valence-electron chi connectivity index (χ2n) is 4.86. The highest BCUT2D eigenvalue weighted by Gasteiger charge is 2.44. The van der Waals surface area contributed by atoms with Gasteiger partial charge in [-0.2, -0.15) is 9.97 Å². The molecule has 1 unspecified atom stereocenters. The lowest BCUT2D eigenvalue weighted by Crippen LogP contribution is -2.33. The van der Waals surface area contributed by atoms with Crippen LogP contribution in [0.4, 0.5) is 5.95 Å². The molecule has 120 valence electrons. The number of ether oxygens (including phenoxy) is 2. The molecule has 1 saturated heterocycles. The maximum atomic E-state index is 10.1. The Morgan fingerprint density at radius 3 is 2.73 bits per heavy atom. The quantitative estimate of drug-likeness (QED) is 0.531. The fourth-order valence-electron chi connectivity index (χ4n) is 2.44. The highest BCUT2D eigenvalue weighted by Crippen LogP contribution is 2.33. The maximum absolute atomic E-state index is 10.1. The summed E-state index contributed by atoms with van der Waals surface area (Å²) >= 11 is 0. The minimum absolute atomic E-state index is 0.278. The van der Waals surface area contributed by atoms with Crippen molar-refractivity contribution in [3.05, 3.63) is 6.33 Å². The molecule has 1 aliphatic rings. The zero-order chi connectivity index (χ0) is 15.9. The Hall–Kier alpha value is -2.01. The van der Waals surface area contributed by atoms with E-state index in [1.165, 1.54) is 18.0 Å². The Morgan fingerprint density at radius 2 is 2.14 bits per heavy atom. The van der Waals surface area contributed by atoms with Crippen LogP contribution in [0, 0.1) is 0 Å². The number of aromatic nitrogens is 4. The van der Waals surface area contributed by atoms with Crippen LogP contribution in [0.25, 0.3) is 11.2 Å². The number of imidazole rings is 1.